The maximum absolute atomic E-state index is 4.74. The lowest BCUT2D eigenvalue weighted by molar-refractivity contribution is 0.977. The van der Waals surface area contributed by atoms with Crippen LogP contribution in [-0.4, -0.2) is 14.5 Å². The van der Waals surface area contributed by atoms with Gasteiger partial charge in [0.05, 0.1) is 22.4 Å². The SMILES string of the molecule is c1ccc(-c2ccc3c(c2)N(c2ccc4c5ccccc5n(-c5ccccn5)c4c2)c2ccccc2CC3)nc1. The molecule has 40 heavy (non-hydrogen) atoms. The van der Waals surface area contributed by atoms with Crippen LogP contribution < -0.4 is 4.90 Å². The van der Waals surface area contributed by atoms with Crippen molar-refractivity contribution in [3.63, 3.8) is 0 Å². The molecule has 4 heterocycles. The van der Waals surface area contributed by atoms with Gasteiger partial charge in [-0.15, -0.1) is 0 Å². The van der Waals surface area contributed by atoms with Gasteiger partial charge in [-0.25, -0.2) is 4.98 Å². The maximum atomic E-state index is 4.74. The van der Waals surface area contributed by atoms with Crippen LogP contribution in [0.4, 0.5) is 17.1 Å². The lowest BCUT2D eigenvalue weighted by Gasteiger charge is -2.28. The predicted molar refractivity (Wildman–Crippen MR) is 164 cm³/mol. The van der Waals surface area contributed by atoms with Crippen LogP contribution >= 0.6 is 0 Å². The fraction of sp³-hybridized carbons (Fsp3) is 0.0556. The van der Waals surface area contributed by atoms with Gasteiger partial charge in [0.1, 0.15) is 5.82 Å². The standard InChI is InChI=1S/C36H26N4/c1-3-12-32-25(9-1)15-16-26-17-18-27(31-11-5-7-21-37-31)23-34(26)39(32)28-19-20-30-29-10-2-4-13-33(29)40(35(30)24-28)36-14-6-8-22-38-36/h1-14,17-24H,15-16H2. The molecular weight excluding hydrogens is 488 g/mol. The smallest absolute Gasteiger partial charge is 0.137 e. The van der Waals surface area contributed by atoms with Gasteiger partial charge in [0.25, 0.3) is 0 Å². The minimum absolute atomic E-state index is 0.917. The summed E-state index contributed by atoms with van der Waals surface area (Å²) in [5, 5.41) is 2.44. The van der Waals surface area contributed by atoms with Crippen LogP contribution in [-0.2, 0) is 12.8 Å². The zero-order valence-corrected chi connectivity index (χ0v) is 21.9. The highest BCUT2D eigenvalue weighted by Gasteiger charge is 2.24. The van der Waals surface area contributed by atoms with E-state index in [-0.39, 0.29) is 0 Å². The number of aromatic nitrogens is 3. The van der Waals surface area contributed by atoms with E-state index in [0.29, 0.717) is 0 Å². The third-order valence-corrected chi connectivity index (χ3v) is 7.98. The van der Waals surface area contributed by atoms with Crippen molar-refractivity contribution in [2.45, 2.75) is 12.8 Å². The first-order chi connectivity index (χ1) is 19.8. The number of hydrogen-bond acceptors (Lipinski definition) is 3. The lowest BCUT2D eigenvalue weighted by atomic mass is 10.0. The van der Waals surface area contributed by atoms with E-state index in [4.69, 9.17) is 4.98 Å². The molecule has 8 rings (SSSR count). The van der Waals surface area contributed by atoms with Gasteiger partial charge in [-0.05, 0) is 78.6 Å². The Kier molecular flexibility index (Phi) is 5.23. The van der Waals surface area contributed by atoms with E-state index in [9.17, 15) is 0 Å². The normalized spacial score (nSPS) is 12.8. The Morgan fingerprint density at radius 1 is 0.525 bits per heavy atom. The second-order valence-corrected chi connectivity index (χ2v) is 10.3. The Bertz CT molecular complexity index is 2010. The second kappa shape index (κ2) is 9.21. The highest BCUT2D eigenvalue weighted by molar-refractivity contribution is 6.10. The number of hydrogen-bond donors (Lipinski definition) is 0. The molecule has 0 unspecified atom stereocenters. The zero-order chi connectivity index (χ0) is 26.5. The molecule has 0 amide bonds. The second-order valence-electron chi connectivity index (χ2n) is 10.3. The third-order valence-electron chi connectivity index (χ3n) is 7.98. The van der Waals surface area contributed by atoms with Crippen molar-refractivity contribution >= 4 is 38.9 Å². The first kappa shape index (κ1) is 22.7. The highest BCUT2D eigenvalue weighted by atomic mass is 15.2. The first-order valence-electron chi connectivity index (χ1n) is 13.7. The number of nitrogens with zero attached hydrogens (tertiary/aromatic N) is 4. The van der Waals surface area contributed by atoms with Gasteiger partial charge in [0, 0.05) is 40.1 Å². The van der Waals surface area contributed by atoms with Crippen molar-refractivity contribution in [1.29, 1.82) is 0 Å². The molecule has 1 aliphatic rings. The van der Waals surface area contributed by atoms with Crippen LogP contribution in [0.3, 0.4) is 0 Å². The molecule has 0 bridgehead atoms. The average Bonchev–Trinajstić information content (AvgIpc) is 3.25. The summed E-state index contributed by atoms with van der Waals surface area (Å²) in [4.78, 5) is 11.8. The van der Waals surface area contributed by atoms with Crippen molar-refractivity contribution in [3.05, 3.63) is 145 Å². The van der Waals surface area contributed by atoms with Gasteiger partial charge >= 0.3 is 0 Å². The summed E-state index contributed by atoms with van der Waals surface area (Å²) in [7, 11) is 0. The molecule has 3 aromatic heterocycles. The molecule has 4 heteroatoms. The molecule has 0 radical (unpaired) electrons. The van der Waals surface area contributed by atoms with E-state index >= 15 is 0 Å². The largest absolute Gasteiger partial charge is 0.310 e. The molecule has 0 aliphatic carbocycles. The van der Waals surface area contributed by atoms with Gasteiger partial charge in [0.15, 0.2) is 0 Å². The Balaban J connectivity index is 1.41. The summed E-state index contributed by atoms with van der Waals surface area (Å²) in [6.07, 6.45) is 5.71. The first-order valence-corrected chi connectivity index (χ1v) is 13.7. The molecule has 7 aromatic rings. The van der Waals surface area contributed by atoms with Crippen molar-refractivity contribution in [2.24, 2.45) is 0 Å². The van der Waals surface area contributed by atoms with Gasteiger partial charge in [-0.2, -0.15) is 0 Å². The van der Waals surface area contributed by atoms with Crippen LogP contribution in [0.5, 0.6) is 0 Å². The number of pyridine rings is 2. The molecule has 0 saturated heterocycles. The predicted octanol–water partition coefficient (Wildman–Crippen LogP) is 8.81. The number of benzene rings is 4. The van der Waals surface area contributed by atoms with Crippen molar-refractivity contribution in [2.75, 3.05) is 4.90 Å². The van der Waals surface area contributed by atoms with E-state index in [0.717, 1.165) is 46.6 Å². The molecule has 4 aromatic carbocycles. The number of rotatable bonds is 3. The van der Waals surface area contributed by atoms with Crippen molar-refractivity contribution in [3.8, 4) is 17.1 Å². The molecular formula is C36H26N4. The molecule has 190 valence electrons. The van der Waals surface area contributed by atoms with E-state index in [2.05, 4.69) is 112 Å². The summed E-state index contributed by atoms with van der Waals surface area (Å²) < 4.78 is 2.28. The minimum atomic E-state index is 0.917. The van der Waals surface area contributed by atoms with Crippen LogP contribution in [0.15, 0.2) is 134 Å². The highest BCUT2D eigenvalue weighted by Crippen LogP contribution is 2.44. The summed E-state index contributed by atoms with van der Waals surface area (Å²) in [5.41, 5.74) is 10.6. The molecule has 1 aliphatic heterocycles. The summed E-state index contributed by atoms with van der Waals surface area (Å²) in [6, 6.07) is 43.2. The van der Waals surface area contributed by atoms with Gasteiger partial charge in [0.2, 0.25) is 0 Å². The van der Waals surface area contributed by atoms with Crippen LogP contribution in [0, 0.1) is 0 Å². The van der Waals surface area contributed by atoms with E-state index in [1.165, 1.54) is 33.3 Å². The number of aryl methyl sites for hydroxylation is 2. The van der Waals surface area contributed by atoms with Crippen molar-refractivity contribution < 1.29 is 0 Å². The fourth-order valence-corrected chi connectivity index (χ4v) is 6.12. The lowest BCUT2D eigenvalue weighted by Crippen LogP contribution is -2.12. The quantitative estimate of drug-likeness (QED) is 0.236. The number of para-hydroxylation sites is 2. The van der Waals surface area contributed by atoms with E-state index in [1.54, 1.807) is 0 Å². The maximum Gasteiger partial charge on any atom is 0.137 e. The molecule has 0 fully saturated rings. The van der Waals surface area contributed by atoms with Crippen LogP contribution in [0.2, 0.25) is 0 Å². The van der Waals surface area contributed by atoms with Crippen LogP contribution in [0.25, 0.3) is 38.9 Å². The average molecular weight is 515 g/mol. The van der Waals surface area contributed by atoms with E-state index < -0.39 is 0 Å². The Labute approximate surface area is 232 Å². The third kappa shape index (κ3) is 3.61. The number of anilines is 3. The molecule has 4 nitrogen and oxygen atoms in total. The summed E-state index contributed by atoms with van der Waals surface area (Å²) in [5.74, 6) is 0.917. The Morgan fingerprint density at radius 2 is 1.27 bits per heavy atom. The van der Waals surface area contributed by atoms with Gasteiger partial charge in [-0.3, -0.25) is 9.55 Å². The zero-order valence-electron chi connectivity index (χ0n) is 21.9. The van der Waals surface area contributed by atoms with Gasteiger partial charge in [-0.1, -0.05) is 66.7 Å². The van der Waals surface area contributed by atoms with Crippen LogP contribution in [0.1, 0.15) is 11.1 Å². The molecule has 0 spiro atoms. The van der Waals surface area contributed by atoms with Crippen molar-refractivity contribution in [1.82, 2.24) is 14.5 Å². The molecule has 0 saturated carbocycles. The number of fused-ring (bicyclic) bond motifs is 5. The topological polar surface area (TPSA) is 34.0 Å². The van der Waals surface area contributed by atoms with E-state index in [1.807, 2.05) is 36.7 Å². The monoisotopic (exact) mass is 514 g/mol. The fourth-order valence-electron chi connectivity index (χ4n) is 6.12. The van der Waals surface area contributed by atoms with Gasteiger partial charge < -0.3 is 4.90 Å². The minimum Gasteiger partial charge on any atom is -0.310 e. The summed E-state index contributed by atoms with van der Waals surface area (Å²) >= 11 is 0. The molecule has 0 N–H and O–H groups in total. The summed E-state index contributed by atoms with van der Waals surface area (Å²) in [6.45, 7) is 0. The Hall–Kier alpha value is -5.22. The Morgan fingerprint density at radius 3 is 2.12 bits per heavy atom. The molecule has 0 atom stereocenters.